The molecule has 9 heteroatoms. The number of carbonyl (C=O) groups is 2. The van der Waals surface area contributed by atoms with E-state index in [1.54, 1.807) is 23.2 Å². The third kappa shape index (κ3) is 5.08. The van der Waals surface area contributed by atoms with Crippen LogP contribution in [0.15, 0.2) is 18.3 Å². The molecule has 1 aromatic rings. The van der Waals surface area contributed by atoms with E-state index < -0.39 is 18.1 Å². The molecule has 7 nitrogen and oxygen atoms in total. The van der Waals surface area contributed by atoms with Crippen molar-refractivity contribution in [1.82, 2.24) is 15.2 Å². The number of rotatable bonds is 7. The fourth-order valence-electron chi connectivity index (χ4n) is 3.14. The van der Waals surface area contributed by atoms with E-state index in [-0.39, 0.29) is 48.1 Å². The molecule has 0 aromatic carbocycles. The molecule has 25 heavy (non-hydrogen) atoms. The van der Waals surface area contributed by atoms with Gasteiger partial charge >= 0.3 is 29.6 Å². The second kappa shape index (κ2) is 9.19. The number of likely N-dealkylation sites (tertiary alicyclic amines) is 1. The fourth-order valence-corrected chi connectivity index (χ4v) is 3.31. The standard InChI is InChI=1S/C16H20ClN3O4.Na/c17-11-2-1-7-19-15(11)24-9-8-18-14(21)12-5-6-13(16(22)23)20(12)10-3-4-10;/h1-2,7,10,12-13H,3-6,8-9H2,(H,18,21)(H,22,23);/q;+1/p-1. The number of aromatic nitrogens is 1. The van der Waals surface area contributed by atoms with Crippen LogP contribution >= 0.6 is 11.6 Å². The van der Waals surface area contributed by atoms with E-state index in [1.807, 2.05) is 0 Å². The monoisotopic (exact) mass is 375 g/mol. The quantitative estimate of drug-likeness (QED) is 0.403. The van der Waals surface area contributed by atoms with Crippen LogP contribution in [0.4, 0.5) is 0 Å². The number of pyridine rings is 1. The smallest absolute Gasteiger partial charge is 0.548 e. The molecule has 1 aliphatic carbocycles. The van der Waals surface area contributed by atoms with Crippen molar-refractivity contribution < 1.29 is 49.0 Å². The molecule has 2 fully saturated rings. The summed E-state index contributed by atoms with van der Waals surface area (Å²) >= 11 is 5.93. The van der Waals surface area contributed by atoms with Crippen molar-refractivity contribution in [3.63, 3.8) is 0 Å². The van der Waals surface area contributed by atoms with Crippen LogP contribution < -0.4 is 44.7 Å². The summed E-state index contributed by atoms with van der Waals surface area (Å²) in [5, 5.41) is 14.4. The molecule has 1 saturated heterocycles. The summed E-state index contributed by atoms with van der Waals surface area (Å²) in [5.74, 6) is -0.933. The molecule has 0 radical (unpaired) electrons. The third-order valence-corrected chi connectivity index (χ3v) is 4.63. The molecule has 2 heterocycles. The van der Waals surface area contributed by atoms with Crippen molar-refractivity contribution in [2.45, 2.75) is 43.8 Å². The predicted octanol–water partition coefficient (Wildman–Crippen LogP) is -3.02. The number of nitrogens with zero attached hydrogens (tertiary/aromatic N) is 2. The van der Waals surface area contributed by atoms with Gasteiger partial charge in [-0.3, -0.25) is 9.69 Å². The van der Waals surface area contributed by atoms with Gasteiger partial charge in [0.05, 0.1) is 24.6 Å². The molecular weight excluding hydrogens is 357 g/mol. The van der Waals surface area contributed by atoms with Crippen LogP contribution in [0, 0.1) is 0 Å². The molecule has 2 aliphatic rings. The molecule has 1 aliphatic heterocycles. The van der Waals surface area contributed by atoms with Crippen molar-refractivity contribution in [2.75, 3.05) is 13.2 Å². The van der Waals surface area contributed by atoms with E-state index >= 15 is 0 Å². The number of carboxylic acid groups (broad SMARTS) is 1. The number of carbonyl (C=O) groups excluding carboxylic acids is 2. The maximum atomic E-state index is 12.4. The van der Waals surface area contributed by atoms with E-state index in [9.17, 15) is 14.7 Å². The minimum atomic E-state index is -1.09. The molecule has 0 bridgehead atoms. The van der Waals surface area contributed by atoms with Crippen molar-refractivity contribution in [2.24, 2.45) is 0 Å². The van der Waals surface area contributed by atoms with Crippen LogP contribution in [0.3, 0.4) is 0 Å². The van der Waals surface area contributed by atoms with Gasteiger partial charge in [-0.25, -0.2) is 4.98 Å². The molecule has 2 unspecified atom stereocenters. The van der Waals surface area contributed by atoms with Crippen LogP contribution in [0.5, 0.6) is 5.88 Å². The largest absolute Gasteiger partial charge is 1.00 e. The van der Waals surface area contributed by atoms with E-state index in [2.05, 4.69) is 10.3 Å². The van der Waals surface area contributed by atoms with E-state index in [1.165, 1.54) is 0 Å². The van der Waals surface area contributed by atoms with Crippen LogP contribution in [-0.2, 0) is 9.59 Å². The molecule has 130 valence electrons. The first-order chi connectivity index (χ1) is 11.6. The Hall–Kier alpha value is -0.860. The zero-order valence-electron chi connectivity index (χ0n) is 14.1. The first-order valence-corrected chi connectivity index (χ1v) is 8.45. The van der Waals surface area contributed by atoms with E-state index in [0.717, 1.165) is 12.8 Å². The normalized spacial score (nSPS) is 22.9. The molecule has 1 aromatic heterocycles. The van der Waals surface area contributed by atoms with Gasteiger partial charge in [-0.2, -0.15) is 0 Å². The van der Waals surface area contributed by atoms with Crippen molar-refractivity contribution >= 4 is 23.5 Å². The van der Waals surface area contributed by atoms with Gasteiger partial charge in [0.25, 0.3) is 0 Å². The Kier molecular flexibility index (Phi) is 7.51. The first kappa shape index (κ1) is 20.5. The summed E-state index contributed by atoms with van der Waals surface area (Å²) in [4.78, 5) is 29.4. The van der Waals surface area contributed by atoms with Crippen LogP contribution in [-0.4, -0.2) is 53.0 Å². The number of carboxylic acids is 1. The zero-order chi connectivity index (χ0) is 17.1. The summed E-state index contributed by atoms with van der Waals surface area (Å²) in [6, 6.07) is 2.51. The van der Waals surface area contributed by atoms with Crippen LogP contribution in [0.1, 0.15) is 25.7 Å². The van der Waals surface area contributed by atoms with Gasteiger partial charge in [0.1, 0.15) is 11.6 Å². The van der Waals surface area contributed by atoms with Gasteiger partial charge in [0.2, 0.25) is 11.8 Å². The Balaban J connectivity index is 0.00000225. The first-order valence-electron chi connectivity index (χ1n) is 8.07. The third-order valence-electron chi connectivity index (χ3n) is 4.34. The van der Waals surface area contributed by atoms with Gasteiger partial charge in [0.15, 0.2) is 0 Å². The maximum absolute atomic E-state index is 12.4. The number of amides is 1. The van der Waals surface area contributed by atoms with Gasteiger partial charge < -0.3 is 20.0 Å². The minimum Gasteiger partial charge on any atom is -0.548 e. The van der Waals surface area contributed by atoms with E-state index in [4.69, 9.17) is 16.3 Å². The summed E-state index contributed by atoms with van der Waals surface area (Å²) in [7, 11) is 0. The van der Waals surface area contributed by atoms with Crippen molar-refractivity contribution in [1.29, 1.82) is 0 Å². The average Bonchev–Trinajstić information content (AvgIpc) is 3.30. The van der Waals surface area contributed by atoms with Gasteiger partial charge in [-0.1, -0.05) is 11.6 Å². The van der Waals surface area contributed by atoms with Crippen molar-refractivity contribution in [3.05, 3.63) is 23.4 Å². The summed E-state index contributed by atoms with van der Waals surface area (Å²) in [6.07, 6.45) is 4.44. The Labute approximate surface area is 173 Å². The maximum Gasteiger partial charge on any atom is 1.00 e. The van der Waals surface area contributed by atoms with Crippen LogP contribution in [0.2, 0.25) is 5.02 Å². The molecule has 3 rings (SSSR count). The number of aliphatic carboxylic acids is 1. The Morgan fingerprint density at radius 2 is 2.04 bits per heavy atom. The summed E-state index contributed by atoms with van der Waals surface area (Å²) in [5.41, 5.74) is 0. The molecule has 2 atom stereocenters. The molecule has 1 amide bonds. The number of ether oxygens (including phenoxy) is 1. The van der Waals surface area contributed by atoms with Gasteiger partial charge in [-0.15, -0.1) is 0 Å². The average molecular weight is 376 g/mol. The number of nitrogens with one attached hydrogen (secondary N) is 1. The minimum absolute atomic E-state index is 0. The molecule has 1 N–H and O–H groups in total. The number of halogens is 1. The predicted molar refractivity (Wildman–Crippen MR) is 84.4 cm³/mol. The van der Waals surface area contributed by atoms with Gasteiger partial charge in [-0.05, 0) is 37.8 Å². The SMILES string of the molecule is O=C([O-])C1CCC(C(=O)NCCOc2ncccc2Cl)N1C1CC1.[Na+]. The van der Waals surface area contributed by atoms with Crippen molar-refractivity contribution in [3.8, 4) is 5.88 Å². The zero-order valence-corrected chi connectivity index (χ0v) is 16.9. The second-order valence-electron chi connectivity index (χ2n) is 6.04. The Morgan fingerprint density at radius 1 is 1.32 bits per heavy atom. The second-order valence-corrected chi connectivity index (χ2v) is 6.44. The Morgan fingerprint density at radius 3 is 2.68 bits per heavy atom. The number of hydrogen-bond donors (Lipinski definition) is 1. The fraction of sp³-hybridized carbons (Fsp3) is 0.562. The van der Waals surface area contributed by atoms with E-state index in [0.29, 0.717) is 30.3 Å². The summed E-state index contributed by atoms with van der Waals surface area (Å²) in [6.45, 7) is 0.541. The summed E-state index contributed by atoms with van der Waals surface area (Å²) < 4.78 is 5.42. The molecular formula is C16H19ClN3NaO4. The molecule has 0 spiro atoms. The van der Waals surface area contributed by atoms with Crippen LogP contribution in [0.25, 0.3) is 0 Å². The topological polar surface area (TPSA) is 94.6 Å². The Bertz CT molecular complexity index is 629. The van der Waals surface area contributed by atoms with Gasteiger partial charge in [0, 0.05) is 12.2 Å². The number of hydrogen-bond acceptors (Lipinski definition) is 6. The molecule has 1 saturated carbocycles.